The molecule has 1 heterocycles. The van der Waals surface area contributed by atoms with Crippen LogP contribution in [0.4, 0.5) is 11.4 Å². The Bertz CT molecular complexity index is 932. The molecule has 0 aliphatic heterocycles. The molecule has 0 amide bonds. The van der Waals surface area contributed by atoms with Crippen LogP contribution in [0.2, 0.25) is 0 Å². The zero-order chi connectivity index (χ0) is 16.8. The predicted octanol–water partition coefficient (Wildman–Crippen LogP) is 3.14. The van der Waals surface area contributed by atoms with E-state index >= 15 is 0 Å². The van der Waals surface area contributed by atoms with Gasteiger partial charge in [0.05, 0.1) is 4.92 Å². The summed E-state index contributed by atoms with van der Waals surface area (Å²) in [6.45, 7) is 5.62. The van der Waals surface area contributed by atoms with Crippen LogP contribution in [0.3, 0.4) is 0 Å². The third-order valence-corrected chi connectivity index (χ3v) is 3.38. The van der Waals surface area contributed by atoms with Crippen LogP contribution >= 0.6 is 0 Å². The number of aromatic nitrogens is 2. The minimum Gasteiger partial charge on any atom is -0.618 e. The smallest absolute Gasteiger partial charge is 0.299 e. The second-order valence-corrected chi connectivity index (χ2v) is 6.35. The summed E-state index contributed by atoms with van der Waals surface area (Å²) < 4.78 is 0.707. The molecule has 2 aromatic carbocycles. The Morgan fingerprint density at radius 1 is 1.13 bits per heavy atom. The van der Waals surface area contributed by atoms with Gasteiger partial charge in [-0.1, -0.05) is 12.1 Å². The molecule has 0 bridgehead atoms. The molecule has 0 unspecified atom stereocenters. The molecule has 23 heavy (non-hydrogen) atoms. The van der Waals surface area contributed by atoms with Crippen molar-refractivity contribution in [3.63, 3.8) is 0 Å². The van der Waals surface area contributed by atoms with Gasteiger partial charge in [0.25, 0.3) is 11.2 Å². The Morgan fingerprint density at radius 2 is 1.83 bits per heavy atom. The number of nitrogens with one attached hydrogen (secondary N) is 1. The van der Waals surface area contributed by atoms with Gasteiger partial charge in [0, 0.05) is 17.7 Å². The number of benzene rings is 2. The molecule has 0 saturated carbocycles. The first-order chi connectivity index (χ1) is 10.8. The molecule has 7 nitrogen and oxygen atoms in total. The summed E-state index contributed by atoms with van der Waals surface area (Å²) in [7, 11) is 0. The molecule has 1 N–H and O–H groups in total. The van der Waals surface area contributed by atoms with Crippen LogP contribution in [0.25, 0.3) is 22.1 Å². The van der Waals surface area contributed by atoms with E-state index in [2.05, 4.69) is 10.3 Å². The van der Waals surface area contributed by atoms with Crippen molar-refractivity contribution in [3.05, 3.63) is 51.7 Å². The highest BCUT2D eigenvalue weighted by Crippen LogP contribution is 2.33. The average Bonchev–Trinajstić information content (AvgIpc) is 2.45. The lowest BCUT2D eigenvalue weighted by Crippen LogP contribution is -2.33. The quantitative estimate of drug-likeness (QED) is 0.258. The Labute approximate surface area is 132 Å². The number of fused-ring (bicyclic) bond motifs is 2. The second-order valence-electron chi connectivity index (χ2n) is 6.35. The number of hydrogen-bond donors (Lipinski definition) is 1. The Balaban J connectivity index is 2.45. The molecule has 0 aliphatic carbocycles. The first kappa shape index (κ1) is 15.0. The van der Waals surface area contributed by atoms with E-state index in [0.717, 1.165) is 0 Å². The van der Waals surface area contributed by atoms with Crippen molar-refractivity contribution in [2.75, 3.05) is 5.32 Å². The van der Waals surface area contributed by atoms with E-state index in [4.69, 9.17) is 0 Å². The van der Waals surface area contributed by atoms with Crippen molar-refractivity contribution in [1.82, 2.24) is 4.98 Å². The minimum atomic E-state index is -0.497. The molecule has 0 fully saturated rings. The van der Waals surface area contributed by atoms with Crippen LogP contribution < -0.4 is 10.0 Å². The van der Waals surface area contributed by atoms with Gasteiger partial charge in [-0.3, -0.25) is 10.1 Å². The number of hydrogen-bond acceptors (Lipinski definition) is 5. The fourth-order valence-corrected chi connectivity index (χ4v) is 2.50. The highest BCUT2D eigenvalue weighted by atomic mass is 16.6. The lowest BCUT2D eigenvalue weighted by Gasteiger charge is -2.22. The lowest BCUT2D eigenvalue weighted by molar-refractivity contribution is -0.547. The molecular formula is C16H16N4O3. The fourth-order valence-electron chi connectivity index (χ4n) is 2.50. The van der Waals surface area contributed by atoms with Crippen LogP contribution in [0.1, 0.15) is 20.8 Å². The van der Waals surface area contributed by atoms with Crippen LogP contribution in [-0.2, 0) is 0 Å². The van der Waals surface area contributed by atoms with E-state index < -0.39 is 10.5 Å². The molecule has 0 spiro atoms. The van der Waals surface area contributed by atoms with Crippen molar-refractivity contribution in [2.24, 2.45) is 0 Å². The third kappa shape index (κ3) is 2.61. The van der Waals surface area contributed by atoms with Crippen LogP contribution in [0.15, 0.2) is 36.4 Å². The van der Waals surface area contributed by atoms with E-state index in [9.17, 15) is 15.3 Å². The Kier molecular flexibility index (Phi) is 3.28. The SMILES string of the molecule is CC(C)(C)Nc1c([N+](=O)[O-])ccc2nc3ccccc3[n+]([O-])c12. The zero-order valence-corrected chi connectivity index (χ0v) is 13.0. The van der Waals surface area contributed by atoms with Crippen molar-refractivity contribution in [3.8, 4) is 0 Å². The normalized spacial score (nSPS) is 11.8. The maximum atomic E-state index is 12.8. The van der Waals surface area contributed by atoms with Crippen molar-refractivity contribution in [2.45, 2.75) is 26.3 Å². The first-order valence-corrected chi connectivity index (χ1v) is 7.15. The summed E-state index contributed by atoms with van der Waals surface area (Å²) in [6, 6.07) is 9.79. The summed E-state index contributed by atoms with van der Waals surface area (Å²) >= 11 is 0. The number of para-hydroxylation sites is 2. The minimum absolute atomic E-state index is 0.144. The highest BCUT2D eigenvalue weighted by Gasteiger charge is 2.27. The summed E-state index contributed by atoms with van der Waals surface area (Å²) in [5.41, 5.74) is 1.10. The molecule has 118 valence electrons. The van der Waals surface area contributed by atoms with E-state index in [-0.39, 0.29) is 16.9 Å². The molecule has 3 aromatic rings. The highest BCUT2D eigenvalue weighted by molar-refractivity contribution is 5.94. The van der Waals surface area contributed by atoms with Gasteiger partial charge < -0.3 is 10.5 Å². The van der Waals surface area contributed by atoms with Crippen LogP contribution in [0, 0.1) is 15.3 Å². The van der Waals surface area contributed by atoms with Crippen LogP contribution in [0.5, 0.6) is 0 Å². The standard InChI is InChI=1S/C16H16N4O3/c1-16(2,3)18-14-13(20(22)23)9-8-11-15(14)19(21)12-7-5-4-6-10(12)17-11/h4-9,18H,1-3H3. The van der Waals surface area contributed by atoms with Gasteiger partial charge in [0.2, 0.25) is 5.52 Å². The van der Waals surface area contributed by atoms with E-state index in [1.165, 1.54) is 12.1 Å². The number of nitro benzene ring substituents is 1. The zero-order valence-electron chi connectivity index (χ0n) is 13.0. The summed E-state index contributed by atoms with van der Waals surface area (Å²) in [4.78, 5) is 15.3. The molecule has 7 heteroatoms. The Morgan fingerprint density at radius 3 is 2.48 bits per heavy atom. The number of nitro groups is 1. The van der Waals surface area contributed by atoms with Crippen molar-refractivity contribution in [1.29, 1.82) is 0 Å². The summed E-state index contributed by atoms with van der Waals surface area (Å²) in [5, 5.41) is 27.2. The molecule has 1 aromatic heterocycles. The van der Waals surface area contributed by atoms with Gasteiger partial charge in [-0.25, -0.2) is 4.98 Å². The van der Waals surface area contributed by atoms with E-state index in [0.29, 0.717) is 21.3 Å². The van der Waals surface area contributed by atoms with Gasteiger partial charge in [-0.2, -0.15) is 4.73 Å². The van der Waals surface area contributed by atoms with E-state index in [1.807, 2.05) is 20.8 Å². The van der Waals surface area contributed by atoms with Gasteiger partial charge in [-0.05, 0) is 32.9 Å². The molecule has 0 saturated heterocycles. The monoisotopic (exact) mass is 312 g/mol. The molecule has 0 radical (unpaired) electrons. The van der Waals surface area contributed by atoms with Crippen molar-refractivity contribution < 1.29 is 9.65 Å². The predicted molar refractivity (Wildman–Crippen MR) is 88.2 cm³/mol. The molecule has 0 atom stereocenters. The maximum absolute atomic E-state index is 12.8. The third-order valence-electron chi connectivity index (χ3n) is 3.38. The van der Waals surface area contributed by atoms with Crippen molar-refractivity contribution >= 4 is 33.4 Å². The average molecular weight is 312 g/mol. The van der Waals surface area contributed by atoms with Gasteiger partial charge >= 0.3 is 0 Å². The lowest BCUT2D eigenvalue weighted by atomic mass is 10.1. The summed E-state index contributed by atoms with van der Waals surface area (Å²) in [6.07, 6.45) is 0. The van der Waals surface area contributed by atoms with Gasteiger partial charge in [0.1, 0.15) is 11.0 Å². The topological polar surface area (TPSA) is 95.0 Å². The largest absolute Gasteiger partial charge is 0.618 e. The Hall–Kier alpha value is -2.96. The van der Waals surface area contributed by atoms with Gasteiger partial charge in [0.15, 0.2) is 5.69 Å². The van der Waals surface area contributed by atoms with Gasteiger partial charge in [-0.15, -0.1) is 0 Å². The second kappa shape index (κ2) is 5.05. The summed E-state index contributed by atoms with van der Waals surface area (Å²) in [5.74, 6) is 0. The fraction of sp³-hybridized carbons (Fsp3) is 0.250. The maximum Gasteiger partial charge on any atom is 0.299 e. The van der Waals surface area contributed by atoms with Crippen LogP contribution in [-0.4, -0.2) is 15.4 Å². The number of anilines is 1. The first-order valence-electron chi connectivity index (χ1n) is 7.15. The molecular weight excluding hydrogens is 296 g/mol. The van der Waals surface area contributed by atoms with E-state index in [1.54, 1.807) is 24.3 Å². The molecule has 0 aliphatic rings. The number of nitrogens with zero attached hydrogens (tertiary/aromatic N) is 3. The molecule has 3 rings (SSSR count). The number of rotatable bonds is 2.